The van der Waals surface area contributed by atoms with E-state index in [1.54, 1.807) is 25.4 Å². The van der Waals surface area contributed by atoms with Crippen molar-refractivity contribution in [3.05, 3.63) is 46.5 Å². The van der Waals surface area contributed by atoms with E-state index in [1.807, 2.05) is 30.8 Å². The Morgan fingerprint density at radius 1 is 1.31 bits per heavy atom. The topological polar surface area (TPSA) is 69.9 Å². The second kappa shape index (κ2) is 7.78. The maximum atomic E-state index is 11.8. The average Bonchev–Trinajstić information content (AvgIpc) is 3.02. The number of carbonyl (C=O) groups is 1. The maximum Gasteiger partial charge on any atom is 0.330 e. The van der Waals surface area contributed by atoms with Crippen LogP contribution in [0.15, 0.2) is 35.2 Å². The number of nitrogens with zero attached hydrogens (tertiary/aromatic N) is 4. The van der Waals surface area contributed by atoms with Crippen molar-refractivity contribution in [2.45, 2.75) is 27.3 Å². The number of hydrogen-bond acceptors (Lipinski definition) is 5. The quantitative estimate of drug-likeness (QED) is 0.462. The van der Waals surface area contributed by atoms with Gasteiger partial charge in [-0.3, -0.25) is 4.98 Å². The van der Waals surface area contributed by atoms with E-state index in [9.17, 15) is 4.79 Å². The van der Waals surface area contributed by atoms with E-state index in [0.29, 0.717) is 6.61 Å². The van der Waals surface area contributed by atoms with Crippen LogP contribution in [0.25, 0.3) is 28.2 Å². The van der Waals surface area contributed by atoms with Crippen LogP contribution >= 0.6 is 15.9 Å². The molecule has 7 heteroatoms. The summed E-state index contributed by atoms with van der Waals surface area (Å²) in [5.74, 6) is -0.380. The summed E-state index contributed by atoms with van der Waals surface area (Å²) in [6, 6.07) is 1.99. The number of carbonyl (C=O) groups excluding carboxylic acids is 1. The van der Waals surface area contributed by atoms with E-state index in [-0.39, 0.29) is 5.97 Å². The highest BCUT2D eigenvalue weighted by Crippen LogP contribution is 2.34. The fourth-order valence-electron chi connectivity index (χ4n) is 2.85. The number of halogens is 1. The van der Waals surface area contributed by atoms with Crippen LogP contribution in [0.3, 0.4) is 0 Å². The lowest BCUT2D eigenvalue weighted by Gasteiger charge is -2.12. The van der Waals surface area contributed by atoms with Gasteiger partial charge in [0.1, 0.15) is 0 Å². The van der Waals surface area contributed by atoms with Gasteiger partial charge in [0.25, 0.3) is 0 Å². The maximum absolute atomic E-state index is 11.8. The minimum atomic E-state index is -0.380. The van der Waals surface area contributed by atoms with Gasteiger partial charge in [0.15, 0.2) is 5.65 Å². The fraction of sp³-hybridized carbons (Fsp3) is 0.263. The minimum absolute atomic E-state index is 0.338. The molecule has 3 rings (SSSR count). The number of aromatic nitrogens is 4. The number of hydrogen-bond donors (Lipinski definition) is 0. The summed E-state index contributed by atoms with van der Waals surface area (Å²) in [6.45, 7) is 6.79. The lowest BCUT2D eigenvalue weighted by molar-refractivity contribution is -0.137. The van der Waals surface area contributed by atoms with E-state index in [4.69, 9.17) is 9.72 Å². The summed E-state index contributed by atoms with van der Waals surface area (Å²) >= 11 is 3.48. The highest BCUT2D eigenvalue weighted by atomic mass is 79.9. The molecule has 134 valence electrons. The SMILES string of the molecule is CCOC(=O)C=Cc1c(C)nc2c(cnn2CC)c1-c1cncc(Br)c1. The molecule has 6 nitrogen and oxygen atoms in total. The van der Waals surface area contributed by atoms with Crippen molar-refractivity contribution in [2.24, 2.45) is 0 Å². The molecule has 0 aliphatic rings. The Morgan fingerprint density at radius 3 is 2.81 bits per heavy atom. The molecule has 0 saturated heterocycles. The summed E-state index contributed by atoms with van der Waals surface area (Å²) in [6.07, 6.45) is 8.52. The Bertz CT molecular complexity index is 995. The van der Waals surface area contributed by atoms with E-state index >= 15 is 0 Å². The Labute approximate surface area is 160 Å². The Morgan fingerprint density at radius 2 is 2.12 bits per heavy atom. The van der Waals surface area contributed by atoms with E-state index < -0.39 is 0 Å². The van der Waals surface area contributed by atoms with E-state index in [2.05, 4.69) is 26.0 Å². The third-order valence-corrected chi connectivity index (χ3v) is 4.41. The first-order valence-corrected chi connectivity index (χ1v) is 9.16. The molecule has 0 N–H and O–H groups in total. The lowest BCUT2D eigenvalue weighted by Crippen LogP contribution is -2.02. The first kappa shape index (κ1) is 18.3. The van der Waals surface area contributed by atoms with Crippen molar-refractivity contribution in [3.63, 3.8) is 0 Å². The molecule has 3 aromatic heterocycles. The van der Waals surface area contributed by atoms with Crippen LogP contribution in [0, 0.1) is 6.92 Å². The van der Waals surface area contributed by atoms with Gasteiger partial charge in [0.2, 0.25) is 0 Å². The molecule has 0 unspecified atom stereocenters. The van der Waals surface area contributed by atoms with Crippen molar-refractivity contribution in [1.82, 2.24) is 19.7 Å². The van der Waals surface area contributed by atoms with Crippen LogP contribution in [-0.2, 0) is 16.1 Å². The van der Waals surface area contributed by atoms with Crippen LogP contribution < -0.4 is 0 Å². The second-order valence-corrected chi connectivity index (χ2v) is 6.58. The number of pyridine rings is 2. The molecule has 3 aromatic rings. The molecule has 0 radical (unpaired) electrons. The second-order valence-electron chi connectivity index (χ2n) is 5.66. The minimum Gasteiger partial charge on any atom is -0.463 e. The number of esters is 1. The van der Waals surface area contributed by atoms with Gasteiger partial charge in [-0.25, -0.2) is 14.5 Å². The molecule has 0 saturated carbocycles. The molecule has 3 heterocycles. The zero-order chi connectivity index (χ0) is 18.7. The van der Waals surface area contributed by atoms with Crippen molar-refractivity contribution in [3.8, 4) is 11.1 Å². The first-order chi connectivity index (χ1) is 12.5. The number of fused-ring (bicyclic) bond motifs is 1. The van der Waals surface area contributed by atoms with Gasteiger partial charge in [0, 0.05) is 57.3 Å². The molecule has 0 fully saturated rings. The third kappa shape index (κ3) is 3.53. The lowest BCUT2D eigenvalue weighted by atomic mass is 9.97. The third-order valence-electron chi connectivity index (χ3n) is 3.98. The van der Waals surface area contributed by atoms with Crippen LogP contribution in [0.2, 0.25) is 0 Å². The molecule has 0 aliphatic heterocycles. The van der Waals surface area contributed by atoms with Crippen molar-refractivity contribution < 1.29 is 9.53 Å². The standard InChI is InChI=1S/C19H19BrN4O2/c1-4-24-19-16(11-22-24)18(13-8-14(20)10-21-9-13)15(12(3)23-19)6-7-17(25)26-5-2/h6-11H,4-5H2,1-3H3. The Balaban J connectivity index is 2.27. The van der Waals surface area contributed by atoms with Crippen LogP contribution in [0.5, 0.6) is 0 Å². The van der Waals surface area contributed by atoms with E-state index in [0.717, 1.165) is 44.4 Å². The Kier molecular flexibility index (Phi) is 5.46. The summed E-state index contributed by atoms with van der Waals surface area (Å²) in [7, 11) is 0. The van der Waals surface area contributed by atoms with Crippen LogP contribution in [0.4, 0.5) is 0 Å². The van der Waals surface area contributed by atoms with Gasteiger partial charge in [-0.2, -0.15) is 5.10 Å². The number of ether oxygens (including phenoxy) is 1. The van der Waals surface area contributed by atoms with Gasteiger partial charge in [-0.15, -0.1) is 0 Å². The van der Waals surface area contributed by atoms with Crippen molar-refractivity contribution >= 4 is 39.0 Å². The molecular formula is C19H19BrN4O2. The predicted octanol–water partition coefficient (Wildman–Crippen LogP) is 4.16. The monoisotopic (exact) mass is 414 g/mol. The summed E-state index contributed by atoms with van der Waals surface area (Å²) < 4.78 is 7.73. The smallest absolute Gasteiger partial charge is 0.330 e. The van der Waals surface area contributed by atoms with E-state index in [1.165, 1.54) is 6.08 Å². The average molecular weight is 415 g/mol. The Hall–Kier alpha value is -2.54. The van der Waals surface area contributed by atoms with Gasteiger partial charge < -0.3 is 4.74 Å². The van der Waals surface area contributed by atoms with Crippen molar-refractivity contribution in [2.75, 3.05) is 6.61 Å². The molecular weight excluding hydrogens is 396 g/mol. The molecule has 0 amide bonds. The zero-order valence-electron chi connectivity index (χ0n) is 14.9. The molecule has 26 heavy (non-hydrogen) atoms. The fourth-order valence-corrected chi connectivity index (χ4v) is 3.22. The number of rotatable bonds is 5. The molecule has 0 atom stereocenters. The molecule has 0 aliphatic carbocycles. The van der Waals surface area contributed by atoms with Gasteiger partial charge in [-0.1, -0.05) is 0 Å². The highest BCUT2D eigenvalue weighted by Gasteiger charge is 2.17. The van der Waals surface area contributed by atoms with Gasteiger partial charge in [-0.05, 0) is 48.8 Å². The largest absolute Gasteiger partial charge is 0.463 e. The highest BCUT2D eigenvalue weighted by molar-refractivity contribution is 9.10. The first-order valence-electron chi connectivity index (χ1n) is 8.37. The summed E-state index contributed by atoms with van der Waals surface area (Å²) in [5, 5.41) is 5.35. The molecule has 0 aromatic carbocycles. The van der Waals surface area contributed by atoms with Gasteiger partial charge >= 0.3 is 5.97 Å². The van der Waals surface area contributed by atoms with Crippen molar-refractivity contribution in [1.29, 1.82) is 0 Å². The van der Waals surface area contributed by atoms with Crippen LogP contribution in [0.1, 0.15) is 25.1 Å². The normalized spacial score (nSPS) is 11.4. The molecule has 0 spiro atoms. The number of aryl methyl sites for hydroxylation is 2. The summed E-state index contributed by atoms with van der Waals surface area (Å²) in [5.41, 5.74) is 4.34. The predicted molar refractivity (Wildman–Crippen MR) is 105 cm³/mol. The van der Waals surface area contributed by atoms with Crippen LogP contribution in [-0.4, -0.2) is 32.3 Å². The summed E-state index contributed by atoms with van der Waals surface area (Å²) in [4.78, 5) is 20.8. The zero-order valence-corrected chi connectivity index (χ0v) is 16.4. The van der Waals surface area contributed by atoms with Gasteiger partial charge in [0.05, 0.1) is 12.8 Å². The molecule has 0 bridgehead atoms.